The van der Waals surface area contributed by atoms with Gasteiger partial charge in [0.25, 0.3) is 0 Å². The molecule has 0 unspecified atom stereocenters. The number of hydrogen-bond acceptors (Lipinski definition) is 6. The minimum absolute atomic E-state index is 0.288. The van der Waals surface area contributed by atoms with E-state index in [0.717, 1.165) is 87.6 Å². The Labute approximate surface area is 446 Å². The van der Waals surface area contributed by atoms with E-state index in [2.05, 4.69) is 102 Å². The van der Waals surface area contributed by atoms with Crippen molar-refractivity contribution >= 4 is 58.6 Å². The molecule has 2 aliphatic rings. The van der Waals surface area contributed by atoms with Crippen LogP contribution in [-0.2, 0) is 9.13 Å². The Balaban J connectivity index is 1.09. The highest BCUT2D eigenvalue weighted by atomic mass is 31.3. The van der Waals surface area contributed by atoms with Crippen molar-refractivity contribution < 1.29 is 27.2 Å². The number of aryl methyl sites for hydroxylation is 4. The lowest BCUT2D eigenvalue weighted by Crippen LogP contribution is -2.21. The predicted octanol–water partition coefficient (Wildman–Crippen LogP) is 19.6. The van der Waals surface area contributed by atoms with Gasteiger partial charge in [0.2, 0.25) is 0 Å². The smallest absolute Gasteiger partial charge is 0.403 e. The highest BCUT2D eigenvalue weighted by Crippen LogP contribution is 2.68. The second-order valence-electron chi connectivity index (χ2n) is 20.3. The van der Waals surface area contributed by atoms with Crippen LogP contribution < -0.4 is 23.0 Å². The molecule has 2 heterocycles. The topological polar surface area (TPSA) is 83.1 Å². The van der Waals surface area contributed by atoms with Crippen molar-refractivity contribution in [1.29, 1.82) is 0 Å². The summed E-state index contributed by atoms with van der Waals surface area (Å²) < 4.78 is 63.0. The zero-order valence-electron chi connectivity index (χ0n) is 42.6. The molecule has 0 saturated heterocycles. The molecule has 0 aliphatic carbocycles. The van der Waals surface area contributed by atoms with E-state index in [1.165, 1.54) is 0 Å². The minimum Gasteiger partial charge on any atom is -0.403 e. The zero-order chi connectivity index (χ0) is 52.2. The molecule has 372 valence electrons. The average Bonchev–Trinajstić information content (AvgIpc) is 3.94. The van der Waals surface area contributed by atoms with E-state index in [1.807, 2.05) is 149 Å². The highest BCUT2D eigenvalue weighted by Gasteiger charge is 2.49. The van der Waals surface area contributed by atoms with Crippen LogP contribution in [0.1, 0.15) is 22.3 Å². The molecule has 0 saturated carbocycles. The second-order valence-corrected chi connectivity index (χ2v) is 23.9. The molecule has 77 heavy (non-hydrogen) atoms. The minimum atomic E-state index is -5.02. The van der Waals surface area contributed by atoms with Crippen molar-refractivity contribution in [2.45, 2.75) is 27.7 Å². The van der Waals surface area contributed by atoms with Gasteiger partial charge in [-0.05, 0) is 117 Å². The van der Waals surface area contributed by atoms with Crippen LogP contribution in [0.25, 0.3) is 110 Å². The van der Waals surface area contributed by atoms with E-state index < -0.39 is 15.5 Å². The molecule has 0 fully saturated rings. The maximum atomic E-state index is 17.1. The highest BCUT2D eigenvalue weighted by molar-refractivity contribution is 7.68. The van der Waals surface area contributed by atoms with Crippen LogP contribution in [0, 0.1) is 27.7 Å². The van der Waals surface area contributed by atoms with Gasteiger partial charge in [0.05, 0.1) is 0 Å². The molecule has 0 bridgehead atoms. The number of fused-ring (bicyclic) bond motifs is 14. The number of benzene rings is 12. The normalized spacial score (nSPS) is 14.0. The second kappa shape index (κ2) is 18.0. The first-order valence-corrected chi connectivity index (χ1v) is 28.8. The average molecular weight is 1040 g/mol. The van der Waals surface area contributed by atoms with E-state index in [4.69, 9.17) is 18.1 Å². The van der Waals surface area contributed by atoms with Crippen molar-refractivity contribution in [3.05, 3.63) is 241 Å². The number of hydrogen-bond donors (Lipinski definition) is 1. The van der Waals surface area contributed by atoms with Crippen LogP contribution in [0.2, 0.25) is 0 Å². The van der Waals surface area contributed by atoms with Gasteiger partial charge in [0.15, 0.2) is 0 Å². The Morgan fingerprint density at radius 3 is 0.753 bits per heavy atom. The van der Waals surface area contributed by atoms with E-state index in [1.54, 1.807) is 0 Å². The van der Waals surface area contributed by atoms with Crippen LogP contribution >= 0.6 is 15.5 Å². The van der Waals surface area contributed by atoms with Gasteiger partial charge in [-0.1, -0.05) is 221 Å². The lowest BCUT2D eigenvalue weighted by atomic mass is 9.86. The SMILES string of the molecule is Cc1cccc(-c2cc3ccccc3c3c2OP(=O)(NP2(=O)Oc4c(-c5cccc(C)c5)cc5ccccc5c4-c4c(c(-c5cccc(C)c5)cc5ccccc45)O2)Oc2c(-c4cccc(C)c4)cc4ccccc4c2-3)c1. The molecular weight excluding hydrogens is 989 g/mol. The summed E-state index contributed by atoms with van der Waals surface area (Å²) in [7, 11) is -10.0. The van der Waals surface area contributed by atoms with Gasteiger partial charge < -0.3 is 18.1 Å². The van der Waals surface area contributed by atoms with Crippen LogP contribution in [0.15, 0.2) is 218 Å². The Kier molecular flexibility index (Phi) is 10.9. The number of rotatable bonds is 6. The molecule has 1 N–H and O–H groups in total. The molecule has 12 aromatic rings. The van der Waals surface area contributed by atoms with Crippen molar-refractivity contribution in [3.8, 4) is 89.8 Å². The third-order valence-corrected chi connectivity index (χ3v) is 18.6. The van der Waals surface area contributed by atoms with Crippen molar-refractivity contribution in [3.63, 3.8) is 0 Å². The summed E-state index contributed by atoms with van der Waals surface area (Å²) in [6, 6.07) is 73.5. The zero-order valence-corrected chi connectivity index (χ0v) is 44.4. The quantitative estimate of drug-likeness (QED) is 0.166. The van der Waals surface area contributed by atoms with E-state index >= 15 is 9.13 Å². The Hall–Kier alpha value is -8.70. The molecule has 0 spiro atoms. The Morgan fingerprint density at radius 2 is 0.519 bits per heavy atom. The monoisotopic (exact) mass is 1040 g/mol. The fraction of sp³-hybridized carbons (Fsp3) is 0.0588. The first kappa shape index (κ1) is 46.8. The molecule has 7 nitrogen and oxygen atoms in total. The fourth-order valence-corrected chi connectivity index (χ4v) is 15.2. The molecular formula is C68H49NO6P2. The van der Waals surface area contributed by atoms with Gasteiger partial charge in [-0.2, -0.15) is 0 Å². The molecule has 0 atom stereocenters. The van der Waals surface area contributed by atoms with Crippen molar-refractivity contribution in [2.75, 3.05) is 0 Å². The van der Waals surface area contributed by atoms with Crippen molar-refractivity contribution in [1.82, 2.24) is 4.86 Å². The van der Waals surface area contributed by atoms with Crippen LogP contribution in [0.3, 0.4) is 0 Å². The summed E-state index contributed by atoms with van der Waals surface area (Å²) >= 11 is 0. The third-order valence-electron chi connectivity index (χ3n) is 14.9. The lowest BCUT2D eigenvalue weighted by Gasteiger charge is -2.26. The maximum absolute atomic E-state index is 17.1. The molecule has 2 aliphatic heterocycles. The first-order chi connectivity index (χ1) is 37.5. The van der Waals surface area contributed by atoms with Gasteiger partial charge in [-0.15, -0.1) is 0 Å². The van der Waals surface area contributed by atoms with Gasteiger partial charge in [-0.25, -0.2) is 9.13 Å². The summed E-state index contributed by atoms with van der Waals surface area (Å²) in [5.41, 5.74) is 12.8. The molecule has 12 aromatic carbocycles. The summed E-state index contributed by atoms with van der Waals surface area (Å²) in [6.07, 6.45) is 0. The van der Waals surface area contributed by atoms with Crippen LogP contribution in [0.5, 0.6) is 23.0 Å². The molecule has 0 amide bonds. The standard InChI is InChI=1S/C68H49NO6P2/c1-41-17-13-25-45(33-41)57-37-49-21-5-9-29-53(49)61-62-54-30-10-6-22-50(54)38-58(46-26-14-18-42(2)34-46)66(62)73-76(70,72-65(57)61)69-77(71)74-67-59(47-27-15-19-43(3)35-47)39-51-23-7-11-31-55(51)63(67)64-56-32-12-8-24-52(56)40-60(68(64)75-77)48-28-16-20-44(4)36-48/h5-40H,1-4H3,(H,69,70,71). The van der Waals surface area contributed by atoms with Gasteiger partial charge in [0.1, 0.15) is 23.0 Å². The molecule has 0 aromatic heterocycles. The largest absolute Gasteiger partial charge is 0.524 e. The van der Waals surface area contributed by atoms with Crippen LogP contribution in [0.4, 0.5) is 0 Å². The lowest BCUT2D eigenvalue weighted by molar-refractivity contribution is 0.359. The maximum Gasteiger partial charge on any atom is 0.524 e. The summed E-state index contributed by atoms with van der Waals surface area (Å²) in [5, 5.41) is 7.17. The van der Waals surface area contributed by atoms with E-state index in [-0.39, 0.29) is 23.0 Å². The first-order valence-electron chi connectivity index (χ1n) is 25.8. The Bertz CT molecular complexity index is 4010. The summed E-state index contributed by atoms with van der Waals surface area (Å²) in [4.78, 5) is 3.03. The Morgan fingerprint density at radius 1 is 0.286 bits per heavy atom. The van der Waals surface area contributed by atoms with Gasteiger partial charge in [0, 0.05) is 44.5 Å². The molecule has 9 heteroatoms. The number of nitrogens with one attached hydrogen (secondary N) is 1. The van der Waals surface area contributed by atoms with Gasteiger partial charge in [-0.3, -0.25) is 0 Å². The van der Waals surface area contributed by atoms with Gasteiger partial charge >= 0.3 is 15.5 Å². The van der Waals surface area contributed by atoms with Crippen molar-refractivity contribution in [2.24, 2.45) is 0 Å². The summed E-state index contributed by atoms with van der Waals surface area (Å²) in [5.74, 6) is 1.15. The van der Waals surface area contributed by atoms with E-state index in [0.29, 0.717) is 44.5 Å². The molecule has 0 radical (unpaired) electrons. The summed E-state index contributed by atoms with van der Waals surface area (Å²) in [6.45, 7) is 8.17. The molecule has 14 rings (SSSR count). The fourth-order valence-electron chi connectivity index (χ4n) is 11.5. The van der Waals surface area contributed by atoms with E-state index in [9.17, 15) is 0 Å². The third kappa shape index (κ3) is 8.01. The predicted molar refractivity (Wildman–Crippen MR) is 315 cm³/mol. The van der Waals surface area contributed by atoms with Crippen LogP contribution in [-0.4, -0.2) is 0 Å².